The van der Waals surface area contributed by atoms with Gasteiger partial charge in [0.1, 0.15) is 0 Å². The van der Waals surface area contributed by atoms with Crippen LogP contribution in [-0.2, 0) is 11.2 Å². The molecule has 2 fully saturated rings. The van der Waals surface area contributed by atoms with Gasteiger partial charge in [0.25, 0.3) is 0 Å². The first kappa shape index (κ1) is 23.6. The van der Waals surface area contributed by atoms with Crippen molar-refractivity contribution in [2.75, 3.05) is 37.6 Å². The number of nitrogens with one attached hydrogen (secondary N) is 1. The molecule has 1 heterocycles. The van der Waals surface area contributed by atoms with Crippen molar-refractivity contribution >= 4 is 11.6 Å². The van der Waals surface area contributed by atoms with Crippen molar-refractivity contribution in [1.82, 2.24) is 10.2 Å². The van der Waals surface area contributed by atoms with Gasteiger partial charge in [-0.15, -0.1) is 0 Å². The Balaban J connectivity index is 1.30. The Morgan fingerprint density at radius 2 is 1.94 bits per heavy atom. The zero-order valence-electron chi connectivity index (χ0n) is 19.3. The highest BCUT2D eigenvalue weighted by molar-refractivity contribution is 5.76. The monoisotopic (exact) mass is 424 g/mol. The van der Waals surface area contributed by atoms with E-state index in [-0.39, 0.29) is 5.91 Å². The molecule has 1 amide bonds. The highest BCUT2D eigenvalue weighted by atomic mass is 16.1. The molecule has 170 valence electrons. The van der Waals surface area contributed by atoms with Gasteiger partial charge in [0.15, 0.2) is 0 Å². The quantitative estimate of drug-likeness (QED) is 0.561. The zero-order chi connectivity index (χ0) is 21.9. The van der Waals surface area contributed by atoms with Crippen LogP contribution in [0.2, 0.25) is 0 Å². The molecule has 1 saturated carbocycles. The van der Waals surface area contributed by atoms with Crippen LogP contribution >= 0.6 is 0 Å². The SMILES string of the molecule is CCCc1cccc(N2CCN(CCC3CCC(NC(=O)CCCC#N)CC3)CC2)c1. The summed E-state index contributed by atoms with van der Waals surface area (Å²) in [6.45, 7) is 8.02. The number of amides is 1. The van der Waals surface area contributed by atoms with Gasteiger partial charge in [-0.05, 0) is 75.1 Å². The average Bonchev–Trinajstić information content (AvgIpc) is 2.80. The third-order valence-corrected chi connectivity index (χ3v) is 6.94. The summed E-state index contributed by atoms with van der Waals surface area (Å²) in [6.07, 6.45) is 9.97. The van der Waals surface area contributed by atoms with Gasteiger partial charge in [0, 0.05) is 50.7 Å². The largest absolute Gasteiger partial charge is 0.369 e. The van der Waals surface area contributed by atoms with Crippen molar-refractivity contribution in [3.8, 4) is 6.07 Å². The average molecular weight is 425 g/mol. The van der Waals surface area contributed by atoms with Gasteiger partial charge in [-0.2, -0.15) is 5.26 Å². The first-order valence-electron chi connectivity index (χ1n) is 12.4. The smallest absolute Gasteiger partial charge is 0.220 e. The fraction of sp³-hybridized carbons (Fsp3) is 0.692. The number of nitrogens with zero attached hydrogens (tertiary/aromatic N) is 3. The van der Waals surface area contributed by atoms with E-state index in [1.807, 2.05) is 0 Å². The number of nitriles is 1. The summed E-state index contributed by atoms with van der Waals surface area (Å²) in [7, 11) is 0. The molecule has 0 unspecified atom stereocenters. The molecule has 1 aromatic rings. The van der Waals surface area contributed by atoms with E-state index in [4.69, 9.17) is 5.26 Å². The Bertz CT molecular complexity index is 712. The molecule has 0 spiro atoms. The fourth-order valence-corrected chi connectivity index (χ4v) is 5.02. The van der Waals surface area contributed by atoms with Gasteiger partial charge < -0.3 is 10.2 Å². The number of carbonyl (C=O) groups is 1. The normalized spacial score (nSPS) is 22.1. The van der Waals surface area contributed by atoms with Crippen LogP contribution in [0.3, 0.4) is 0 Å². The predicted octanol–water partition coefficient (Wildman–Crippen LogP) is 4.52. The number of hydrogen-bond donors (Lipinski definition) is 1. The number of benzene rings is 1. The topological polar surface area (TPSA) is 59.4 Å². The van der Waals surface area contributed by atoms with E-state index in [1.165, 1.54) is 49.9 Å². The van der Waals surface area contributed by atoms with Crippen molar-refractivity contribution < 1.29 is 4.79 Å². The summed E-state index contributed by atoms with van der Waals surface area (Å²) in [6, 6.07) is 11.5. The fourth-order valence-electron chi connectivity index (χ4n) is 5.02. The summed E-state index contributed by atoms with van der Waals surface area (Å²) in [5.41, 5.74) is 2.84. The molecular formula is C26H40N4O. The molecule has 0 bridgehead atoms. The third-order valence-electron chi connectivity index (χ3n) is 6.94. The van der Waals surface area contributed by atoms with E-state index in [0.29, 0.717) is 25.3 Å². The molecule has 5 heteroatoms. The van der Waals surface area contributed by atoms with Crippen LogP contribution in [0.4, 0.5) is 5.69 Å². The summed E-state index contributed by atoms with van der Waals surface area (Å²) in [5.74, 6) is 0.923. The molecule has 1 N–H and O–H groups in total. The first-order chi connectivity index (χ1) is 15.2. The van der Waals surface area contributed by atoms with Crippen molar-refractivity contribution in [3.63, 3.8) is 0 Å². The Morgan fingerprint density at radius 3 is 2.65 bits per heavy atom. The lowest BCUT2D eigenvalue weighted by molar-refractivity contribution is -0.122. The Morgan fingerprint density at radius 1 is 1.16 bits per heavy atom. The van der Waals surface area contributed by atoms with E-state index in [2.05, 4.69) is 52.4 Å². The molecule has 31 heavy (non-hydrogen) atoms. The van der Waals surface area contributed by atoms with Crippen LogP contribution in [0.5, 0.6) is 0 Å². The third kappa shape index (κ3) is 7.85. The van der Waals surface area contributed by atoms with Crippen molar-refractivity contribution in [3.05, 3.63) is 29.8 Å². The van der Waals surface area contributed by atoms with Crippen molar-refractivity contribution in [1.29, 1.82) is 5.26 Å². The lowest BCUT2D eigenvalue weighted by Crippen LogP contribution is -2.47. The van der Waals surface area contributed by atoms with Gasteiger partial charge in [-0.25, -0.2) is 0 Å². The molecule has 0 radical (unpaired) electrons. The van der Waals surface area contributed by atoms with Crippen LogP contribution in [0.25, 0.3) is 0 Å². The molecule has 1 aliphatic carbocycles. The van der Waals surface area contributed by atoms with E-state index < -0.39 is 0 Å². The predicted molar refractivity (Wildman–Crippen MR) is 127 cm³/mol. The molecule has 0 atom stereocenters. The second-order valence-corrected chi connectivity index (χ2v) is 9.33. The van der Waals surface area contributed by atoms with E-state index in [9.17, 15) is 4.79 Å². The highest BCUT2D eigenvalue weighted by Gasteiger charge is 2.24. The minimum Gasteiger partial charge on any atom is -0.369 e. The van der Waals surface area contributed by atoms with Crippen molar-refractivity contribution in [2.45, 2.75) is 77.2 Å². The molecule has 5 nitrogen and oxygen atoms in total. The number of rotatable bonds is 10. The van der Waals surface area contributed by atoms with Crippen LogP contribution < -0.4 is 10.2 Å². The number of hydrogen-bond acceptors (Lipinski definition) is 4. The standard InChI is InChI=1S/C26H40N4O/c1-2-6-23-7-5-8-25(21-23)30-19-17-29(18-20-30)16-14-22-10-12-24(13-11-22)28-26(31)9-3-4-15-27/h5,7-8,21-22,24H,2-4,6,9-14,16-20H2,1H3,(H,28,31). The van der Waals surface area contributed by atoms with Crippen LogP contribution in [-0.4, -0.2) is 49.6 Å². The van der Waals surface area contributed by atoms with E-state index in [1.54, 1.807) is 0 Å². The second-order valence-electron chi connectivity index (χ2n) is 9.33. The number of carbonyl (C=O) groups excluding carboxylic acids is 1. The van der Waals surface area contributed by atoms with Crippen LogP contribution in [0, 0.1) is 17.2 Å². The lowest BCUT2D eigenvalue weighted by atomic mass is 9.84. The molecule has 3 rings (SSSR count). The molecule has 1 aromatic carbocycles. The van der Waals surface area contributed by atoms with Gasteiger partial charge in [0.05, 0.1) is 6.07 Å². The van der Waals surface area contributed by atoms with Crippen LogP contribution in [0.1, 0.15) is 70.3 Å². The van der Waals surface area contributed by atoms with Crippen LogP contribution in [0.15, 0.2) is 24.3 Å². The molecule has 1 saturated heterocycles. The minimum absolute atomic E-state index is 0.122. The summed E-state index contributed by atoms with van der Waals surface area (Å²) in [5, 5.41) is 11.8. The number of piperazine rings is 1. The minimum atomic E-state index is 0.122. The van der Waals surface area contributed by atoms with E-state index in [0.717, 1.165) is 44.9 Å². The Labute approximate surface area is 188 Å². The molecule has 1 aliphatic heterocycles. The zero-order valence-corrected chi connectivity index (χ0v) is 19.3. The molecule has 2 aliphatic rings. The Hall–Kier alpha value is -2.06. The number of unbranched alkanes of at least 4 members (excludes halogenated alkanes) is 1. The highest BCUT2D eigenvalue weighted by Crippen LogP contribution is 2.27. The molecule has 0 aromatic heterocycles. The Kier molecular flexibility index (Phi) is 9.68. The van der Waals surface area contributed by atoms with Gasteiger partial charge in [-0.3, -0.25) is 9.69 Å². The first-order valence-corrected chi connectivity index (χ1v) is 12.4. The number of aryl methyl sites for hydroxylation is 1. The summed E-state index contributed by atoms with van der Waals surface area (Å²) >= 11 is 0. The maximum atomic E-state index is 11.9. The summed E-state index contributed by atoms with van der Waals surface area (Å²) in [4.78, 5) is 17.1. The van der Waals surface area contributed by atoms with E-state index >= 15 is 0 Å². The second kappa shape index (κ2) is 12.7. The maximum Gasteiger partial charge on any atom is 0.220 e. The van der Waals surface area contributed by atoms with Gasteiger partial charge in [0.2, 0.25) is 5.91 Å². The lowest BCUT2D eigenvalue weighted by Gasteiger charge is -2.37. The van der Waals surface area contributed by atoms with Gasteiger partial charge >= 0.3 is 0 Å². The maximum absolute atomic E-state index is 11.9. The number of anilines is 1. The summed E-state index contributed by atoms with van der Waals surface area (Å²) < 4.78 is 0. The van der Waals surface area contributed by atoms with Crippen molar-refractivity contribution in [2.24, 2.45) is 5.92 Å². The molecular weight excluding hydrogens is 384 g/mol. The van der Waals surface area contributed by atoms with Gasteiger partial charge in [-0.1, -0.05) is 25.5 Å².